The third-order valence-electron chi connectivity index (χ3n) is 5.79. The SMILES string of the molecule is COc1cc2cc(CN(Cc3ccc4c(c3)OCO4)C(=O)c3cccnc3)c(=O)[nH]c2cc1OC. The molecule has 35 heavy (non-hydrogen) atoms. The summed E-state index contributed by atoms with van der Waals surface area (Å²) in [7, 11) is 3.09. The van der Waals surface area contributed by atoms with E-state index in [4.69, 9.17) is 18.9 Å². The molecule has 1 aliphatic heterocycles. The number of hydrogen-bond donors (Lipinski definition) is 1. The molecule has 1 N–H and O–H groups in total. The smallest absolute Gasteiger partial charge is 0.256 e. The van der Waals surface area contributed by atoms with Crippen LogP contribution >= 0.6 is 0 Å². The Hall–Kier alpha value is -4.53. The van der Waals surface area contributed by atoms with Crippen molar-refractivity contribution < 1.29 is 23.7 Å². The molecule has 1 aliphatic rings. The van der Waals surface area contributed by atoms with Crippen LogP contribution in [-0.2, 0) is 13.1 Å². The van der Waals surface area contributed by atoms with Gasteiger partial charge in [-0.15, -0.1) is 0 Å². The van der Waals surface area contributed by atoms with E-state index >= 15 is 0 Å². The van der Waals surface area contributed by atoms with E-state index in [9.17, 15) is 9.59 Å². The highest BCUT2D eigenvalue weighted by molar-refractivity contribution is 5.94. The maximum atomic E-state index is 13.4. The van der Waals surface area contributed by atoms with Crippen molar-refractivity contribution in [2.24, 2.45) is 0 Å². The molecule has 0 atom stereocenters. The average Bonchev–Trinajstić information content (AvgIpc) is 3.36. The number of fused-ring (bicyclic) bond motifs is 2. The van der Waals surface area contributed by atoms with Crippen molar-refractivity contribution in [2.45, 2.75) is 13.1 Å². The first kappa shape index (κ1) is 22.3. The largest absolute Gasteiger partial charge is 0.493 e. The van der Waals surface area contributed by atoms with Gasteiger partial charge in [-0.2, -0.15) is 0 Å². The summed E-state index contributed by atoms with van der Waals surface area (Å²) in [5.74, 6) is 2.10. The number of benzene rings is 2. The number of rotatable bonds is 7. The van der Waals surface area contributed by atoms with Crippen LogP contribution in [0.25, 0.3) is 10.9 Å². The van der Waals surface area contributed by atoms with Gasteiger partial charge in [-0.1, -0.05) is 6.07 Å². The van der Waals surface area contributed by atoms with Gasteiger partial charge in [-0.3, -0.25) is 14.6 Å². The van der Waals surface area contributed by atoms with Crippen LogP contribution in [0.2, 0.25) is 0 Å². The summed E-state index contributed by atoms with van der Waals surface area (Å²) < 4.78 is 21.6. The van der Waals surface area contributed by atoms with Crippen molar-refractivity contribution >= 4 is 16.8 Å². The number of aromatic nitrogens is 2. The summed E-state index contributed by atoms with van der Waals surface area (Å²) in [6, 6.07) is 14.2. The normalized spacial score (nSPS) is 11.9. The predicted octanol–water partition coefficient (Wildman–Crippen LogP) is 3.51. The zero-order chi connectivity index (χ0) is 24.4. The lowest BCUT2D eigenvalue weighted by atomic mass is 10.1. The number of ether oxygens (including phenoxy) is 4. The van der Waals surface area contributed by atoms with Crippen LogP contribution in [0.15, 0.2) is 65.7 Å². The fourth-order valence-corrected chi connectivity index (χ4v) is 4.03. The van der Waals surface area contributed by atoms with Crippen molar-refractivity contribution in [1.82, 2.24) is 14.9 Å². The lowest BCUT2D eigenvalue weighted by molar-refractivity contribution is 0.0729. The van der Waals surface area contributed by atoms with E-state index in [-0.39, 0.29) is 31.3 Å². The number of H-pyrrole nitrogens is 1. The molecule has 9 heteroatoms. The fourth-order valence-electron chi connectivity index (χ4n) is 4.03. The maximum absolute atomic E-state index is 13.4. The van der Waals surface area contributed by atoms with E-state index in [1.807, 2.05) is 18.2 Å². The van der Waals surface area contributed by atoms with Crippen LogP contribution in [-0.4, -0.2) is 41.8 Å². The number of carbonyl (C=O) groups is 1. The molecule has 9 nitrogen and oxygen atoms in total. The van der Waals surface area contributed by atoms with E-state index in [0.29, 0.717) is 39.6 Å². The van der Waals surface area contributed by atoms with Crippen LogP contribution in [0.5, 0.6) is 23.0 Å². The molecule has 0 bridgehead atoms. The molecule has 178 valence electrons. The monoisotopic (exact) mass is 473 g/mol. The average molecular weight is 473 g/mol. The highest BCUT2D eigenvalue weighted by atomic mass is 16.7. The number of aromatic amines is 1. The summed E-state index contributed by atoms with van der Waals surface area (Å²) >= 11 is 0. The molecule has 5 rings (SSSR count). The molecule has 0 unspecified atom stereocenters. The first-order chi connectivity index (χ1) is 17.1. The summed E-state index contributed by atoms with van der Waals surface area (Å²) in [5.41, 5.74) is 2.02. The number of hydrogen-bond acceptors (Lipinski definition) is 7. The van der Waals surface area contributed by atoms with Gasteiger partial charge in [-0.25, -0.2) is 0 Å². The van der Waals surface area contributed by atoms with E-state index < -0.39 is 0 Å². The zero-order valence-corrected chi connectivity index (χ0v) is 19.2. The Balaban J connectivity index is 1.51. The van der Waals surface area contributed by atoms with Gasteiger partial charge < -0.3 is 28.8 Å². The summed E-state index contributed by atoms with van der Waals surface area (Å²) in [4.78, 5) is 35.0. The number of carbonyl (C=O) groups excluding carboxylic acids is 1. The second-order valence-electron chi connectivity index (χ2n) is 8.01. The van der Waals surface area contributed by atoms with Gasteiger partial charge in [0, 0.05) is 36.0 Å². The van der Waals surface area contributed by atoms with Crippen LogP contribution < -0.4 is 24.5 Å². The third kappa shape index (κ3) is 4.48. The minimum atomic E-state index is -0.292. The van der Waals surface area contributed by atoms with Gasteiger partial charge in [0.15, 0.2) is 23.0 Å². The van der Waals surface area contributed by atoms with Crippen molar-refractivity contribution in [1.29, 1.82) is 0 Å². The van der Waals surface area contributed by atoms with Crippen LogP contribution in [0.1, 0.15) is 21.5 Å². The summed E-state index contributed by atoms with van der Waals surface area (Å²) in [6.45, 7) is 0.507. The molecule has 0 aliphatic carbocycles. The van der Waals surface area contributed by atoms with Gasteiger partial charge in [0.1, 0.15) is 0 Å². The molecule has 2 aromatic carbocycles. The Bertz CT molecular complexity index is 1450. The van der Waals surface area contributed by atoms with Gasteiger partial charge >= 0.3 is 0 Å². The highest BCUT2D eigenvalue weighted by Gasteiger charge is 2.21. The fraction of sp³-hybridized carbons (Fsp3) is 0.192. The molecular weight excluding hydrogens is 450 g/mol. The number of methoxy groups -OCH3 is 2. The summed E-state index contributed by atoms with van der Waals surface area (Å²) in [5, 5.41) is 0.758. The van der Waals surface area contributed by atoms with Crippen molar-refractivity contribution in [2.75, 3.05) is 21.0 Å². The van der Waals surface area contributed by atoms with Crippen LogP contribution in [0.3, 0.4) is 0 Å². The summed E-state index contributed by atoms with van der Waals surface area (Å²) in [6.07, 6.45) is 3.12. The lowest BCUT2D eigenvalue weighted by Gasteiger charge is -2.23. The topological polar surface area (TPSA) is 103 Å². The minimum Gasteiger partial charge on any atom is -0.493 e. The van der Waals surface area contributed by atoms with Crippen molar-refractivity contribution in [3.8, 4) is 23.0 Å². The van der Waals surface area contributed by atoms with Gasteiger partial charge in [0.25, 0.3) is 11.5 Å². The zero-order valence-electron chi connectivity index (χ0n) is 19.2. The van der Waals surface area contributed by atoms with Crippen LogP contribution in [0.4, 0.5) is 0 Å². The first-order valence-corrected chi connectivity index (χ1v) is 10.9. The second kappa shape index (κ2) is 9.38. The molecule has 0 spiro atoms. The minimum absolute atomic E-state index is 0.0851. The van der Waals surface area contributed by atoms with Crippen molar-refractivity contribution in [3.05, 3.63) is 88.0 Å². The second-order valence-corrected chi connectivity index (χ2v) is 8.01. The Kier molecular flexibility index (Phi) is 5.97. The lowest BCUT2D eigenvalue weighted by Crippen LogP contribution is -2.32. The number of nitrogens with one attached hydrogen (secondary N) is 1. The highest BCUT2D eigenvalue weighted by Crippen LogP contribution is 2.33. The predicted molar refractivity (Wildman–Crippen MR) is 128 cm³/mol. The molecular formula is C26H23N3O6. The maximum Gasteiger partial charge on any atom is 0.256 e. The van der Waals surface area contributed by atoms with E-state index in [0.717, 1.165) is 10.9 Å². The molecule has 2 aromatic heterocycles. The molecule has 0 fully saturated rings. The van der Waals surface area contributed by atoms with Crippen LogP contribution in [0, 0.1) is 0 Å². The number of pyridine rings is 2. The van der Waals surface area contributed by atoms with Gasteiger partial charge in [0.05, 0.1) is 31.8 Å². The molecule has 1 amide bonds. The molecule has 4 aromatic rings. The molecule has 0 saturated heterocycles. The van der Waals surface area contributed by atoms with E-state index in [1.165, 1.54) is 13.3 Å². The Labute approximate surface area is 200 Å². The van der Waals surface area contributed by atoms with Crippen molar-refractivity contribution in [3.63, 3.8) is 0 Å². The van der Waals surface area contributed by atoms with E-state index in [1.54, 1.807) is 48.5 Å². The van der Waals surface area contributed by atoms with Gasteiger partial charge in [-0.05, 0) is 42.0 Å². The third-order valence-corrected chi connectivity index (χ3v) is 5.79. The van der Waals surface area contributed by atoms with Gasteiger partial charge in [0.2, 0.25) is 6.79 Å². The molecule has 0 saturated carbocycles. The Morgan fingerprint density at radius 2 is 1.83 bits per heavy atom. The Morgan fingerprint density at radius 3 is 2.60 bits per heavy atom. The molecule has 0 radical (unpaired) electrons. The standard InChI is InChI=1S/C26H23N3O6/c1-32-22-10-18-9-19(25(30)28-20(18)11-23(22)33-2)14-29(26(31)17-4-3-7-27-12-17)13-16-5-6-21-24(8-16)35-15-34-21/h3-12H,13-15H2,1-2H3,(H,28,30). The number of nitrogens with zero attached hydrogens (tertiary/aromatic N) is 2. The quantitative estimate of drug-likeness (QED) is 0.438. The Morgan fingerprint density at radius 1 is 1.03 bits per heavy atom. The first-order valence-electron chi connectivity index (χ1n) is 10.9. The molecule has 3 heterocycles. The van der Waals surface area contributed by atoms with E-state index in [2.05, 4.69) is 9.97 Å². The number of amides is 1.